The molecule has 0 aliphatic carbocycles. The van der Waals surface area contributed by atoms with Gasteiger partial charge in [-0.15, -0.1) is 6.58 Å². The third kappa shape index (κ3) is 7.05. The standard InChI is InChI=1S/C28H24BrFN2O3/c1-3-6-21-13-20(15-25(29)27(21)35-18-22-7-4-5-8-26(22)30)14-23(16-31)28(33)32-17-19-9-11-24(34-2)12-10-19/h3-5,7-15H,1,6,17-18H2,2H3,(H,32,33)/b23-14-. The lowest BCUT2D eigenvalue weighted by Gasteiger charge is -2.14. The number of halogens is 2. The summed E-state index contributed by atoms with van der Waals surface area (Å²) in [5, 5.41) is 12.3. The van der Waals surface area contributed by atoms with E-state index in [4.69, 9.17) is 9.47 Å². The number of allylic oxidation sites excluding steroid dienone is 1. The summed E-state index contributed by atoms with van der Waals surface area (Å²) in [5.41, 5.74) is 2.71. The van der Waals surface area contributed by atoms with Crippen LogP contribution in [0.2, 0.25) is 0 Å². The van der Waals surface area contributed by atoms with Crippen LogP contribution in [0, 0.1) is 17.1 Å². The van der Waals surface area contributed by atoms with Crippen molar-refractivity contribution in [3.8, 4) is 17.6 Å². The van der Waals surface area contributed by atoms with Gasteiger partial charge in [0.15, 0.2) is 0 Å². The summed E-state index contributed by atoms with van der Waals surface area (Å²) in [6.07, 6.45) is 3.72. The molecule has 0 bridgehead atoms. The average molecular weight is 535 g/mol. The zero-order chi connectivity index (χ0) is 25.2. The lowest BCUT2D eigenvalue weighted by Crippen LogP contribution is -2.23. The van der Waals surface area contributed by atoms with E-state index in [-0.39, 0.29) is 24.5 Å². The number of carbonyl (C=O) groups is 1. The van der Waals surface area contributed by atoms with Gasteiger partial charge in [0.2, 0.25) is 0 Å². The van der Waals surface area contributed by atoms with Crippen LogP contribution in [0.25, 0.3) is 6.08 Å². The Kier molecular flexibility index (Phi) is 9.22. The normalized spacial score (nSPS) is 10.9. The lowest BCUT2D eigenvalue weighted by molar-refractivity contribution is -0.117. The summed E-state index contributed by atoms with van der Waals surface area (Å²) >= 11 is 3.51. The summed E-state index contributed by atoms with van der Waals surface area (Å²) in [5.74, 6) is 0.449. The molecule has 5 nitrogen and oxygen atoms in total. The number of rotatable bonds is 10. The van der Waals surface area contributed by atoms with Gasteiger partial charge >= 0.3 is 0 Å². The molecule has 1 N–H and O–H groups in total. The fraction of sp³-hybridized carbons (Fsp3) is 0.143. The van der Waals surface area contributed by atoms with E-state index in [2.05, 4.69) is 27.8 Å². The summed E-state index contributed by atoms with van der Waals surface area (Å²) < 4.78 is 25.6. The van der Waals surface area contributed by atoms with Crippen molar-refractivity contribution >= 4 is 27.9 Å². The van der Waals surface area contributed by atoms with Gasteiger partial charge in [-0.25, -0.2) is 4.39 Å². The van der Waals surface area contributed by atoms with Crippen LogP contribution in [0.3, 0.4) is 0 Å². The van der Waals surface area contributed by atoms with Crippen molar-refractivity contribution in [3.05, 3.63) is 111 Å². The topological polar surface area (TPSA) is 71.4 Å². The molecule has 0 spiro atoms. The first-order chi connectivity index (χ1) is 16.9. The van der Waals surface area contributed by atoms with Gasteiger partial charge in [0.1, 0.15) is 35.6 Å². The fourth-order valence-corrected chi connectivity index (χ4v) is 3.96. The third-order valence-corrected chi connectivity index (χ3v) is 5.71. The minimum Gasteiger partial charge on any atom is -0.497 e. The van der Waals surface area contributed by atoms with Crippen molar-refractivity contribution in [3.63, 3.8) is 0 Å². The van der Waals surface area contributed by atoms with E-state index in [1.807, 2.05) is 24.3 Å². The minimum atomic E-state index is -0.482. The number of methoxy groups -OCH3 is 1. The van der Waals surface area contributed by atoms with Gasteiger partial charge in [-0.1, -0.05) is 36.4 Å². The molecule has 0 aromatic heterocycles. The van der Waals surface area contributed by atoms with Crippen LogP contribution in [-0.4, -0.2) is 13.0 Å². The fourth-order valence-electron chi connectivity index (χ4n) is 3.33. The zero-order valence-corrected chi connectivity index (χ0v) is 20.8. The highest BCUT2D eigenvalue weighted by Crippen LogP contribution is 2.33. The van der Waals surface area contributed by atoms with Crippen molar-refractivity contribution in [2.75, 3.05) is 7.11 Å². The predicted molar refractivity (Wildman–Crippen MR) is 137 cm³/mol. The molecule has 0 fully saturated rings. The number of amides is 1. The molecule has 0 radical (unpaired) electrons. The Hall–Kier alpha value is -3.89. The van der Waals surface area contributed by atoms with Gasteiger partial charge in [-0.05, 0) is 75.4 Å². The second kappa shape index (κ2) is 12.5. The molecule has 0 atom stereocenters. The number of nitrogens with one attached hydrogen (secondary N) is 1. The molecule has 0 unspecified atom stereocenters. The molecule has 0 saturated heterocycles. The Balaban J connectivity index is 1.78. The Morgan fingerprint density at radius 1 is 1.17 bits per heavy atom. The van der Waals surface area contributed by atoms with Crippen molar-refractivity contribution in [1.29, 1.82) is 5.26 Å². The highest BCUT2D eigenvalue weighted by Gasteiger charge is 2.14. The van der Waals surface area contributed by atoms with Crippen molar-refractivity contribution in [2.45, 2.75) is 19.6 Å². The maximum Gasteiger partial charge on any atom is 0.262 e. The van der Waals surface area contributed by atoms with Crippen molar-refractivity contribution < 1.29 is 18.7 Å². The van der Waals surface area contributed by atoms with Gasteiger partial charge in [0.05, 0.1) is 11.6 Å². The molecule has 1 amide bonds. The second-order valence-corrected chi connectivity index (χ2v) is 8.42. The average Bonchev–Trinajstić information content (AvgIpc) is 2.86. The molecule has 7 heteroatoms. The second-order valence-electron chi connectivity index (χ2n) is 7.56. The van der Waals surface area contributed by atoms with Crippen LogP contribution in [0.4, 0.5) is 4.39 Å². The SMILES string of the molecule is C=CCc1cc(/C=C(/C#N)C(=O)NCc2ccc(OC)cc2)cc(Br)c1OCc1ccccc1F. The molecule has 0 saturated carbocycles. The maximum atomic E-state index is 14.0. The largest absolute Gasteiger partial charge is 0.497 e. The van der Waals surface area contributed by atoms with Crippen molar-refractivity contribution in [2.24, 2.45) is 0 Å². The van der Waals surface area contributed by atoms with Crippen molar-refractivity contribution in [1.82, 2.24) is 5.32 Å². The predicted octanol–water partition coefficient (Wildman–Crippen LogP) is 6.13. The molecule has 0 aliphatic heterocycles. The van der Waals surface area contributed by atoms with Crippen LogP contribution < -0.4 is 14.8 Å². The first kappa shape index (κ1) is 25.7. The summed E-state index contributed by atoms with van der Waals surface area (Å²) in [6.45, 7) is 4.12. The molecule has 35 heavy (non-hydrogen) atoms. The first-order valence-corrected chi connectivity index (χ1v) is 11.6. The number of ether oxygens (including phenoxy) is 2. The van der Waals surface area contributed by atoms with E-state index in [0.29, 0.717) is 27.8 Å². The van der Waals surface area contributed by atoms with E-state index in [0.717, 1.165) is 16.9 Å². The third-order valence-electron chi connectivity index (χ3n) is 5.13. The molecule has 0 heterocycles. The van der Waals surface area contributed by atoms with Crippen LogP contribution in [0.1, 0.15) is 22.3 Å². The number of hydrogen-bond acceptors (Lipinski definition) is 4. The molecule has 3 rings (SSSR count). The van der Waals surface area contributed by atoms with Gasteiger partial charge in [-0.2, -0.15) is 5.26 Å². The smallest absolute Gasteiger partial charge is 0.262 e. The Morgan fingerprint density at radius 2 is 1.91 bits per heavy atom. The van der Waals surface area contributed by atoms with Gasteiger partial charge in [0, 0.05) is 12.1 Å². The minimum absolute atomic E-state index is 0.0324. The quantitative estimate of drug-likeness (QED) is 0.193. The number of carbonyl (C=O) groups excluding carboxylic acids is 1. The van der Waals surface area contributed by atoms with Crippen LogP contribution in [0.15, 0.2) is 83.4 Å². The van der Waals surface area contributed by atoms with Gasteiger partial charge in [-0.3, -0.25) is 4.79 Å². The summed E-state index contributed by atoms with van der Waals surface area (Å²) in [7, 11) is 1.58. The number of hydrogen-bond donors (Lipinski definition) is 1. The van der Waals surface area contributed by atoms with Crippen LogP contribution in [0.5, 0.6) is 11.5 Å². The summed E-state index contributed by atoms with van der Waals surface area (Å²) in [6, 6.07) is 19.2. The number of benzene rings is 3. The summed E-state index contributed by atoms with van der Waals surface area (Å²) in [4.78, 5) is 12.6. The zero-order valence-electron chi connectivity index (χ0n) is 19.2. The lowest BCUT2D eigenvalue weighted by atomic mass is 10.0. The number of nitriles is 1. The monoisotopic (exact) mass is 534 g/mol. The Morgan fingerprint density at radius 3 is 2.57 bits per heavy atom. The molecule has 0 aliphatic rings. The molecular formula is C28H24BrFN2O3. The van der Waals surface area contributed by atoms with E-state index in [1.165, 1.54) is 12.1 Å². The van der Waals surface area contributed by atoms with E-state index in [1.54, 1.807) is 49.6 Å². The van der Waals surface area contributed by atoms with Gasteiger partial charge < -0.3 is 14.8 Å². The van der Waals surface area contributed by atoms with Gasteiger partial charge in [0.25, 0.3) is 5.91 Å². The van der Waals surface area contributed by atoms with E-state index >= 15 is 0 Å². The maximum absolute atomic E-state index is 14.0. The highest BCUT2D eigenvalue weighted by molar-refractivity contribution is 9.10. The van der Waals surface area contributed by atoms with E-state index < -0.39 is 5.91 Å². The molecular weight excluding hydrogens is 511 g/mol. The highest BCUT2D eigenvalue weighted by atomic mass is 79.9. The number of nitrogens with zero attached hydrogens (tertiary/aromatic N) is 1. The molecule has 3 aromatic rings. The Labute approximate surface area is 212 Å². The molecule has 3 aromatic carbocycles. The Bertz CT molecular complexity index is 1280. The van der Waals surface area contributed by atoms with E-state index in [9.17, 15) is 14.4 Å². The molecule has 178 valence electrons. The van der Waals surface area contributed by atoms with Crippen LogP contribution in [-0.2, 0) is 24.4 Å². The van der Waals surface area contributed by atoms with Crippen LogP contribution >= 0.6 is 15.9 Å². The first-order valence-electron chi connectivity index (χ1n) is 10.8.